The van der Waals surface area contributed by atoms with Crippen LogP contribution >= 0.6 is 11.6 Å². The zero-order chi connectivity index (χ0) is 15.8. The van der Waals surface area contributed by atoms with Crippen LogP contribution in [-0.2, 0) is 14.3 Å². The van der Waals surface area contributed by atoms with E-state index in [-0.39, 0.29) is 17.0 Å². The van der Waals surface area contributed by atoms with Crippen molar-refractivity contribution in [3.8, 4) is 0 Å². The molecule has 0 aliphatic rings. The number of carbonyl (C=O) groups excluding carboxylic acids is 1. The second-order valence-electron chi connectivity index (χ2n) is 4.53. The summed E-state index contributed by atoms with van der Waals surface area (Å²) in [5, 5.41) is 8.97. The maximum atomic E-state index is 11.6. The van der Waals surface area contributed by atoms with Crippen LogP contribution in [0.25, 0.3) is 6.08 Å². The molecule has 0 fully saturated rings. The first-order valence-electron chi connectivity index (χ1n) is 6.42. The summed E-state index contributed by atoms with van der Waals surface area (Å²) in [4.78, 5) is 22.4. The van der Waals surface area contributed by atoms with E-state index in [2.05, 4.69) is 0 Å². The maximum Gasteiger partial charge on any atom is 0.332 e. The van der Waals surface area contributed by atoms with E-state index in [1.165, 1.54) is 13.0 Å². The molecule has 0 heterocycles. The van der Waals surface area contributed by atoms with Crippen LogP contribution in [-0.4, -0.2) is 23.1 Å². The van der Waals surface area contributed by atoms with Gasteiger partial charge in [0.05, 0.1) is 0 Å². The Kier molecular flexibility index (Phi) is 6.69. The molecule has 1 aromatic rings. The number of aliphatic carboxylic acids is 1. The van der Waals surface area contributed by atoms with Crippen molar-refractivity contribution >= 4 is 29.6 Å². The molecule has 4 nitrogen and oxygen atoms in total. The van der Waals surface area contributed by atoms with Gasteiger partial charge in [0.2, 0.25) is 0 Å². The molecule has 1 N–H and O–H groups in total. The van der Waals surface area contributed by atoms with Gasteiger partial charge in [-0.1, -0.05) is 41.9 Å². The molecule has 21 heavy (non-hydrogen) atoms. The Morgan fingerprint density at radius 1 is 1.33 bits per heavy atom. The van der Waals surface area contributed by atoms with E-state index >= 15 is 0 Å². The third-order valence-electron chi connectivity index (χ3n) is 2.72. The molecule has 0 bridgehead atoms. The molecule has 0 aliphatic carbocycles. The Labute approximate surface area is 128 Å². The number of esters is 1. The molecular weight excluding hydrogens is 292 g/mol. The minimum atomic E-state index is -1.08. The predicted molar refractivity (Wildman–Crippen MR) is 81.8 cm³/mol. The van der Waals surface area contributed by atoms with Crippen molar-refractivity contribution in [3.63, 3.8) is 0 Å². The van der Waals surface area contributed by atoms with Crippen LogP contribution in [0, 0.1) is 0 Å². The van der Waals surface area contributed by atoms with E-state index in [9.17, 15) is 9.59 Å². The molecule has 1 atom stereocenters. The Bertz CT molecular complexity index is 561. The molecule has 1 unspecified atom stereocenters. The Morgan fingerprint density at radius 3 is 2.52 bits per heavy atom. The van der Waals surface area contributed by atoms with Gasteiger partial charge in [0.15, 0.2) is 0 Å². The lowest BCUT2D eigenvalue weighted by Gasteiger charge is -2.12. The lowest BCUT2D eigenvalue weighted by atomic mass is 10.2. The first-order valence-corrected chi connectivity index (χ1v) is 6.80. The monoisotopic (exact) mass is 308 g/mol. The van der Waals surface area contributed by atoms with Gasteiger partial charge >= 0.3 is 11.9 Å². The highest BCUT2D eigenvalue weighted by Gasteiger charge is 2.13. The van der Waals surface area contributed by atoms with Crippen molar-refractivity contribution in [2.24, 2.45) is 0 Å². The van der Waals surface area contributed by atoms with E-state index in [1.807, 2.05) is 30.3 Å². The summed E-state index contributed by atoms with van der Waals surface area (Å²) in [6, 6.07) is 9.35. The standard InChI is InChI=1S/C16H17ClO4/c1-11(10-14(17)12(2)16(19)20)21-15(18)9-8-13-6-4-3-5-7-13/h3-9,11H,10H2,1-2H3,(H,19,20). The van der Waals surface area contributed by atoms with Crippen molar-refractivity contribution in [1.29, 1.82) is 0 Å². The van der Waals surface area contributed by atoms with Gasteiger partial charge in [0.1, 0.15) is 6.10 Å². The lowest BCUT2D eigenvalue weighted by Crippen LogP contribution is -2.14. The molecule has 112 valence electrons. The molecule has 0 aromatic heterocycles. The van der Waals surface area contributed by atoms with Crippen molar-refractivity contribution in [2.45, 2.75) is 26.4 Å². The van der Waals surface area contributed by atoms with E-state index in [1.54, 1.807) is 13.0 Å². The van der Waals surface area contributed by atoms with Gasteiger partial charge in [-0.3, -0.25) is 0 Å². The zero-order valence-electron chi connectivity index (χ0n) is 11.9. The van der Waals surface area contributed by atoms with Gasteiger partial charge in [-0.2, -0.15) is 0 Å². The van der Waals surface area contributed by atoms with Crippen LogP contribution in [0.5, 0.6) is 0 Å². The fourth-order valence-electron chi connectivity index (χ4n) is 1.53. The molecular formula is C16H17ClO4. The van der Waals surface area contributed by atoms with Crippen molar-refractivity contribution < 1.29 is 19.4 Å². The number of rotatable bonds is 6. The summed E-state index contributed by atoms with van der Waals surface area (Å²) in [6.07, 6.45) is 2.65. The average Bonchev–Trinajstić information content (AvgIpc) is 2.45. The van der Waals surface area contributed by atoms with Gasteiger partial charge in [-0.25, -0.2) is 9.59 Å². The van der Waals surface area contributed by atoms with Gasteiger partial charge in [-0.05, 0) is 25.5 Å². The second kappa shape index (κ2) is 8.27. The lowest BCUT2D eigenvalue weighted by molar-refractivity contribution is -0.141. The van der Waals surface area contributed by atoms with Crippen LogP contribution in [0.1, 0.15) is 25.8 Å². The van der Waals surface area contributed by atoms with Gasteiger partial charge in [-0.15, -0.1) is 0 Å². The van der Waals surface area contributed by atoms with Crippen LogP contribution in [0.2, 0.25) is 0 Å². The summed E-state index contributed by atoms with van der Waals surface area (Å²) in [5.74, 6) is -1.58. The summed E-state index contributed by atoms with van der Waals surface area (Å²) in [7, 11) is 0. The molecule has 0 saturated heterocycles. The zero-order valence-corrected chi connectivity index (χ0v) is 12.6. The van der Waals surface area contributed by atoms with E-state index < -0.39 is 18.0 Å². The SMILES string of the molecule is CC(C(=O)O)=C(Cl)CC(C)OC(=O)C=Cc1ccccc1. The quantitative estimate of drug-likeness (QED) is 0.644. The molecule has 1 rings (SSSR count). The summed E-state index contributed by atoms with van der Waals surface area (Å²) in [6.45, 7) is 3.07. The fourth-order valence-corrected chi connectivity index (χ4v) is 1.83. The van der Waals surface area contributed by atoms with Crippen LogP contribution < -0.4 is 0 Å². The number of hydrogen-bond donors (Lipinski definition) is 1. The summed E-state index contributed by atoms with van der Waals surface area (Å²) in [5.41, 5.74) is 0.946. The van der Waals surface area contributed by atoms with Crippen LogP contribution in [0.3, 0.4) is 0 Å². The number of carbonyl (C=O) groups is 2. The highest BCUT2D eigenvalue weighted by atomic mass is 35.5. The number of carboxylic acids is 1. The third kappa shape index (κ3) is 6.27. The van der Waals surface area contributed by atoms with E-state index in [4.69, 9.17) is 21.4 Å². The van der Waals surface area contributed by atoms with Crippen molar-refractivity contribution in [3.05, 3.63) is 52.6 Å². The number of benzene rings is 1. The first-order chi connectivity index (χ1) is 9.90. The van der Waals surface area contributed by atoms with Crippen LogP contribution in [0.4, 0.5) is 0 Å². The smallest absolute Gasteiger partial charge is 0.332 e. The summed E-state index contributed by atoms with van der Waals surface area (Å²) < 4.78 is 5.14. The molecule has 1 aromatic carbocycles. The molecule has 5 heteroatoms. The Balaban J connectivity index is 2.53. The van der Waals surface area contributed by atoms with Crippen LogP contribution in [0.15, 0.2) is 47.0 Å². The number of ether oxygens (including phenoxy) is 1. The van der Waals surface area contributed by atoms with E-state index in [0.29, 0.717) is 0 Å². The maximum absolute atomic E-state index is 11.6. The minimum Gasteiger partial charge on any atom is -0.478 e. The van der Waals surface area contributed by atoms with Crippen molar-refractivity contribution in [2.75, 3.05) is 0 Å². The predicted octanol–water partition coefficient (Wildman–Crippen LogP) is 3.62. The Hall–Kier alpha value is -2.07. The molecule has 0 saturated carbocycles. The fraction of sp³-hybridized carbons (Fsp3) is 0.250. The summed E-state index contributed by atoms with van der Waals surface area (Å²) >= 11 is 5.87. The highest BCUT2D eigenvalue weighted by Crippen LogP contribution is 2.17. The topological polar surface area (TPSA) is 63.6 Å². The Morgan fingerprint density at radius 2 is 1.95 bits per heavy atom. The molecule has 0 amide bonds. The van der Waals surface area contributed by atoms with E-state index in [0.717, 1.165) is 5.56 Å². The number of hydrogen-bond acceptors (Lipinski definition) is 3. The first kappa shape index (κ1) is 17.0. The average molecular weight is 309 g/mol. The van der Waals surface area contributed by atoms with Crippen molar-refractivity contribution in [1.82, 2.24) is 0 Å². The molecule has 0 spiro atoms. The number of halogens is 1. The van der Waals surface area contributed by atoms with Gasteiger partial charge < -0.3 is 9.84 Å². The van der Waals surface area contributed by atoms with Gasteiger partial charge in [0, 0.05) is 23.1 Å². The molecule has 0 aliphatic heterocycles. The van der Waals surface area contributed by atoms with Gasteiger partial charge in [0.25, 0.3) is 0 Å². The third-order valence-corrected chi connectivity index (χ3v) is 3.16. The minimum absolute atomic E-state index is 0.0550. The second-order valence-corrected chi connectivity index (χ2v) is 4.99. The highest BCUT2D eigenvalue weighted by molar-refractivity contribution is 6.31. The largest absolute Gasteiger partial charge is 0.478 e. The number of carboxylic acid groups (broad SMARTS) is 1. The molecule has 0 radical (unpaired) electrons. The normalized spacial score (nSPS) is 13.7.